The van der Waals surface area contributed by atoms with Crippen LogP contribution in [0, 0.1) is 23.3 Å². The first-order valence-electron chi connectivity index (χ1n) is 12.9. The molecule has 0 saturated heterocycles. The van der Waals surface area contributed by atoms with Crippen LogP contribution in [0.3, 0.4) is 0 Å². The van der Waals surface area contributed by atoms with Gasteiger partial charge in [0.15, 0.2) is 17.5 Å². The molecule has 0 atom stereocenters. The number of ether oxygens (including phenoxy) is 1. The van der Waals surface area contributed by atoms with Crippen LogP contribution in [0.5, 0.6) is 11.5 Å². The van der Waals surface area contributed by atoms with Crippen molar-refractivity contribution < 1.29 is 36.2 Å². The summed E-state index contributed by atoms with van der Waals surface area (Å²) in [7, 11) is 0. The van der Waals surface area contributed by atoms with Crippen LogP contribution in [0.4, 0.5) is 26.3 Å². The molecule has 3 aromatic carbocycles. The maximum Gasteiger partial charge on any atom is 0.432 e. The number of rotatable bonds is 13. The second kappa shape index (κ2) is 13.1. The highest BCUT2D eigenvalue weighted by Crippen LogP contribution is 2.43. The topological polar surface area (TPSA) is 29.5 Å². The number of hydrogen-bond acceptors (Lipinski definition) is 2. The Morgan fingerprint density at radius 3 is 2.03 bits per heavy atom. The van der Waals surface area contributed by atoms with Crippen molar-refractivity contribution in [2.75, 3.05) is 0 Å². The highest BCUT2D eigenvalue weighted by atomic mass is 19.3. The molecule has 0 amide bonds. The Labute approximate surface area is 219 Å². The molecular weight excluding hydrogens is 506 g/mol. The molecule has 8 heteroatoms. The maximum absolute atomic E-state index is 15.4. The van der Waals surface area contributed by atoms with E-state index in [9.17, 15) is 18.3 Å². The molecule has 0 fully saturated rings. The Kier molecular flexibility index (Phi) is 10.1. The molecule has 0 unspecified atom stereocenters. The molecule has 3 aromatic rings. The van der Waals surface area contributed by atoms with E-state index in [1.165, 1.54) is 18.2 Å². The molecule has 0 bridgehead atoms. The van der Waals surface area contributed by atoms with Crippen molar-refractivity contribution >= 4 is 0 Å². The van der Waals surface area contributed by atoms with Crippen molar-refractivity contribution in [3.05, 3.63) is 82.4 Å². The van der Waals surface area contributed by atoms with Crippen molar-refractivity contribution in [3.63, 3.8) is 0 Å². The molecule has 0 heterocycles. The van der Waals surface area contributed by atoms with Gasteiger partial charge in [0.05, 0.1) is 5.56 Å². The minimum Gasteiger partial charge on any atom is -0.507 e. The van der Waals surface area contributed by atoms with Crippen LogP contribution in [0.1, 0.15) is 75.5 Å². The van der Waals surface area contributed by atoms with E-state index >= 15 is 13.2 Å². The number of halogens is 6. The molecule has 0 spiro atoms. The number of aromatic hydroxyl groups is 1. The van der Waals surface area contributed by atoms with Gasteiger partial charge in [0.1, 0.15) is 22.9 Å². The quantitative estimate of drug-likeness (QED) is 0.173. The maximum atomic E-state index is 15.4. The van der Waals surface area contributed by atoms with Crippen LogP contribution in [-0.2, 0) is 19.0 Å². The first-order valence-corrected chi connectivity index (χ1v) is 12.9. The van der Waals surface area contributed by atoms with Gasteiger partial charge in [-0.25, -0.2) is 17.6 Å². The fourth-order valence-electron chi connectivity index (χ4n) is 4.35. The molecule has 206 valence electrons. The summed E-state index contributed by atoms with van der Waals surface area (Å²) >= 11 is 0. The molecule has 0 aliphatic carbocycles. The summed E-state index contributed by atoms with van der Waals surface area (Å²) in [6.45, 7) is 4.04. The van der Waals surface area contributed by atoms with E-state index < -0.39 is 51.8 Å². The molecular formula is C30H32F6O2. The zero-order chi connectivity index (χ0) is 27.9. The van der Waals surface area contributed by atoms with Crippen molar-refractivity contribution in [2.24, 2.45) is 0 Å². The average Bonchev–Trinajstić information content (AvgIpc) is 2.86. The van der Waals surface area contributed by atoms with Gasteiger partial charge in [0, 0.05) is 11.6 Å². The monoisotopic (exact) mass is 538 g/mol. The zero-order valence-electron chi connectivity index (χ0n) is 21.5. The van der Waals surface area contributed by atoms with Crippen LogP contribution < -0.4 is 4.74 Å². The van der Waals surface area contributed by atoms with E-state index in [-0.39, 0.29) is 23.8 Å². The average molecular weight is 539 g/mol. The molecule has 0 aliphatic heterocycles. The summed E-state index contributed by atoms with van der Waals surface area (Å²) in [4.78, 5) is 0. The van der Waals surface area contributed by atoms with Gasteiger partial charge >= 0.3 is 6.11 Å². The van der Waals surface area contributed by atoms with E-state index in [2.05, 4.69) is 11.7 Å². The minimum atomic E-state index is -4.52. The second-order valence-corrected chi connectivity index (χ2v) is 9.37. The Bertz CT molecular complexity index is 1220. The largest absolute Gasteiger partial charge is 0.507 e. The predicted molar refractivity (Wildman–Crippen MR) is 135 cm³/mol. The van der Waals surface area contributed by atoms with E-state index in [0.717, 1.165) is 56.6 Å². The third-order valence-corrected chi connectivity index (χ3v) is 6.46. The minimum absolute atomic E-state index is 0.0319. The van der Waals surface area contributed by atoms with Gasteiger partial charge in [-0.1, -0.05) is 70.2 Å². The van der Waals surface area contributed by atoms with Crippen LogP contribution in [0.25, 0.3) is 11.1 Å². The standard InChI is InChI=1S/C30H32F6O2/c1-3-5-7-9-10-19-12-15-21(16-13-19)38-30(35,36)26-23(31)18-24(37)25(29(26)34)22-17-14-20(11-8-6-4-2)27(32)28(22)33/h12-18,37H,3-11H2,1-2H3. The van der Waals surface area contributed by atoms with Crippen molar-refractivity contribution in [1.82, 2.24) is 0 Å². The Morgan fingerprint density at radius 1 is 0.737 bits per heavy atom. The molecule has 0 radical (unpaired) electrons. The third kappa shape index (κ3) is 6.83. The number of phenols is 1. The number of benzene rings is 3. The van der Waals surface area contributed by atoms with E-state index in [1.54, 1.807) is 12.1 Å². The number of unbranched alkanes of at least 4 members (excludes halogenated alkanes) is 5. The molecule has 38 heavy (non-hydrogen) atoms. The second-order valence-electron chi connectivity index (χ2n) is 9.37. The zero-order valence-corrected chi connectivity index (χ0v) is 21.5. The van der Waals surface area contributed by atoms with Crippen molar-refractivity contribution in [1.29, 1.82) is 0 Å². The van der Waals surface area contributed by atoms with E-state index in [4.69, 9.17) is 0 Å². The summed E-state index contributed by atoms with van der Waals surface area (Å²) in [6, 6.07) is 8.14. The smallest absolute Gasteiger partial charge is 0.432 e. The van der Waals surface area contributed by atoms with Crippen LogP contribution in [-0.4, -0.2) is 5.11 Å². The summed E-state index contributed by atoms with van der Waals surface area (Å²) in [5.74, 6) is -8.03. The third-order valence-electron chi connectivity index (χ3n) is 6.46. The molecule has 3 rings (SSSR count). The Balaban J connectivity index is 1.91. The lowest BCUT2D eigenvalue weighted by molar-refractivity contribution is -0.189. The fourth-order valence-corrected chi connectivity index (χ4v) is 4.35. The number of aryl methyl sites for hydroxylation is 2. The van der Waals surface area contributed by atoms with Gasteiger partial charge in [-0.2, -0.15) is 8.78 Å². The van der Waals surface area contributed by atoms with E-state index in [1.807, 2.05) is 6.92 Å². The lowest BCUT2D eigenvalue weighted by Gasteiger charge is -2.21. The first-order chi connectivity index (χ1) is 18.1. The Morgan fingerprint density at radius 2 is 1.37 bits per heavy atom. The first kappa shape index (κ1) is 29.4. The lowest BCUT2D eigenvalue weighted by Crippen LogP contribution is -2.25. The van der Waals surface area contributed by atoms with Crippen LogP contribution in [0.2, 0.25) is 0 Å². The normalized spacial score (nSPS) is 11.7. The number of alkyl halides is 2. The van der Waals surface area contributed by atoms with Gasteiger partial charge in [0.2, 0.25) is 0 Å². The summed E-state index contributed by atoms with van der Waals surface area (Å²) in [6.07, 6.45) is 2.86. The van der Waals surface area contributed by atoms with Crippen molar-refractivity contribution in [2.45, 2.75) is 77.7 Å². The van der Waals surface area contributed by atoms with Gasteiger partial charge in [-0.05, 0) is 48.9 Å². The molecule has 0 aromatic heterocycles. The summed E-state index contributed by atoms with van der Waals surface area (Å²) < 4.78 is 94.2. The van der Waals surface area contributed by atoms with E-state index in [0.29, 0.717) is 6.42 Å². The highest BCUT2D eigenvalue weighted by molar-refractivity contribution is 5.73. The molecule has 2 nitrogen and oxygen atoms in total. The van der Waals surface area contributed by atoms with Crippen LogP contribution in [0.15, 0.2) is 42.5 Å². The van der Waals surface area contributed by atoms with Gasteiger partial charge in [-0.3, -0.25) is 0 Å². The molecule has 0 aliphatic rings. The fraction of sp³-hybridized carbons (Fsp3) is 0.400. The predicted octanol–water partition coefficient (Wildman–Crippen LogP) is 9.60. The van der Waals surface area contributed by atoms with Gasteiger partial charge < -0.3 is 9.84 Å². The highest BCUT2D eigenvalue weighted by Gasteiger charge is 2.43. The number of hydrogen-bond donors (Lipinski definition) is 1. The Hall–Kier alpha value is -3.16. The molecule has 0 saturated carbocycles. The van der Waals surface area contributed by atoms with Gasteiger partial charge in [-0.15, -0.1) is 0 Å². The number of phenolic OH excluding ortho intramolecular Hbond substituents is 1. The summed E-state index contributed by atoms with van der Waals surface area (Å²) in [5, 5.41) is 10.1. The van der Waals surface area contributed by atoms with Crippen molar-refractivity contribution in [3.8, 4) is 22.6 Å². The SMILES string of the molecule is CCCCCCc1ccc(OC(F)(F)c2c(F)cc(O)c(-c3ccc(CCCCC)c(F)c3F)c2F)cc1. The lowest BCUT2D eigenvalue weighted by atomic mass is 9.96. The summed E-state index contributed by atoms with van der Waals surface area (Å²) in [5.41, 5.74) is -2.77. The molecule has 1 N–H and O–H groups in total. The van der Waals surface area contributed by atoms with Crippen LogP contribution >= 0.6 is 0 Å². The van der Waals surface area contributed by atoms with Gasteiger partial charge in [0.25, 0.3) is 0 Å².